The third-order valence-corrected chi connectivity index (χ3v) is 3.93. The van der Waals surface area contributed by atoms with Gasteiger partial charge in [-0.15, -0.1) is 0 Å². The molecule has 0 saturated heterocycles. The van der Waals surface area contributed by atoms with Crippen molar-refractivity contribution in [2.45, 2.75) is 20.0 Å². The van der Waals surface area contributed by atoms with E-state index in [1.54, 1.807) is 37.3 Å². The number of carbonyl (C=O) groups is 1. The van der Waals surface area contributed by atoms with Crippen LogP contribution in [0.5, 0.6) is 5.75 Å². The predicted octanol–water partition coefficient (Wildman–Crippen LogP) is 3.92. The van der Waals surface area contributed by atoms with Crippen LogP contribution in [0.4, 0.5) is 4.39 Å². The van der Waals surface area contributed by atoms with Crippen LogP contribution in [0, 0.1) is 12.7 Å². The summed E-state index contributed by atoms with van der Waals surface area (Å²) in [7, 11) is 0. The third kappa shape index (κ3) is 4.08. The van der Waals surface area contributed by atoms with Crippen molar-refractivity contribution in [2.24, 2.45) is 0 Å². The monoisotopic (exact) mass is 356 g/mol. The van der Waals surface area contributed by atoms with Gasteiger partial charge in [0.2, 0.25) is 0 Å². The van der Waals surface area contributed by atoms with Gasteiger partial charge in [-0.2, -0.15) is 0 Å². The Morgan fingerprint density at radius 2 is 1.88 bits per heavy atom. The standard InChI is InChI=1S/C20H17FO5/c1-12-9-19(22)26-18-10-16(7-8-17(12)18)24-11-20(23)25-13(2)14-3-5-15(21)6-4-14/h3-10,13H,11H2,1-2H3/t13-/m1/s1. The van der Waals surface area contributed by atoms with Crippen LogP contribution >= 0.6 is 0 Å². The average molecular weight is 356 g/mol. The maximum Gasteiger partial charge on any atom is 0.344 e. The molecule has 3 rings (SSSR count). The van der Waals surface area contributed by atoms with Gasteiger partial charge in [0.15, 0.2) is 6.61 Å². The van der Waals surface area contributed by atoms with Crippen molar-refractivity contribution in [1.29, 1.82) is 0 Å². The molecule has 0 bridgehead atoms. The van der Waals surface area contributed by atoms with Crippen molar-refractivity contribution in [2.75, 3.05) is 6.61 Å². The molecule has 5 nitrogen and oxygen atoms in total. The van der Waals surface area contributed by atoms with Crippen molar-refractivity contribution >= 4 is 16.9 Å². The minimum Gasteiger partial charge on any atom is -0.482 e. The number of hydrogen-bond donors (Lipinski definition) is 0. The average Bonchev–Trinajstić information content (AvgIpc) is 2.60. The Morgan fingerprint density at radius 3 is 2.62 bits per heavy atom. The number of ether oxygens (including phenoxy) is 2. The maximum absolute atomic E-state index is 12.9. The van der Waals surface area contributed by atoms with Gasteiger partial charge < -0.3 is 13.9 Å². The molecule has 6 heteroatoms. The third-order valence-electron chi connectivity index (χ3n) is 3.93. The molecule has 134 valence electrons. The lowest BCUT2D eigenvalue weighted by Gasteiger charge is -2.14. The zero-order valence-corrected chi connectivity index (χ0v) is 14.3. The molecule has 0 aliphatic carbocycles. The highest BCUT2D eigenvalue weighted by Crippen LogP contribution is 2.22. The summed E-state index contributed by atoms with van der Waals surface area (Å²) in [6, 6.07) is 12.1. The lowest BCUT2D eigenvalue weighted by molar-refractivity contribution is -0.151. The Labute approximate surface area is 149 Å². The first-order chi connectivity index (χ1) is 12.4. The lowest BCUT2D eigenvalue weighted by atomic mass is 10.1. The fraction of sp³-hybridized carbons (Fsp3) is 0.200. The first kappa shape index (κ1) is 17.7. The molecule has 0 radical (unpaired) electrons. The Kier molecular flexibility index (Phi) is 5.02. The predicted molar refractivity (Wildman–Crippen MR) is 93.6 cm³/mol. The molecule has 0 aliphatic rings. The number of benzene rings is 2. The van der Waals surface area contributed by atoms with Gasteiger partial charge in [-0.05, 0) is 49.2 Å². The van der Waals surface area contributed by atoms with E-state index >= 15 is 0 Å². The van der Waals surface area contributed by atoms with E-state index in [1.807, 2.05) is 6.92 Å². The van der Waals surface area contributed by atoms with E-state index in [9.17, 15) is 14.0 Å². The molecule has 1 atom stereocenters. The van der Waals surface area contributed by atoms with Crippen LogP contribution in [0.2, 0.25) is 0 Å². The van der Waals surface area contributed by atoms with Crippen LogP contribution < -0.4 is 10.4 Å². The molecule has 0 aliphatic heterocycles. The second kappa shape index (κ2) is 7.39. The summed E-state index contributed by atoms with van der Waals surface area (Å²) < 4.78 is 28.7. The van der Waals surface area contributed by atoms with Crippen molar-refractivity contribution in [3.8, 4) is 5.75 Å². The van der Waals surface area contributed by atoms with Crippen molar-refractivity contribution < 1.29 is 23.1 Å². The van der Waals surface area contributed by atoms with Crippen molar-refractivity contribution in [3.05, 3.63) is 75.9 Å². The summed E-state index contributed by atoms with van der Waals surface area (Å²) >= 11 is 0. The largest absolute Gasteiger partial charge is 0.482 e. The highest BCUT2D eigenvalue weighted by Gasteiger charge is 2.13. The van der Waals surface area contributed by atoms with E-state index in [-0.39, 0.29) is 12.4 Å². The lowest BCUT2D eigenvalue weighted by Crippen LogP contribution is -2.17. The molecule has 0 saturated carbocycles. The van der Waals surface area contributed by atoms with Gasteiger partial charge in [-0.3, -0.25) is 0 Å². The zero-order valence-electron chi connectivity index (χ0n) is 14.3. The molecule has 0 amide bonds. The van der Waals surface area contributed by atoms with Gasteiger partial charge in [-0.25, -0.2) is 14.0 Å². The molecule has 0 fully saturated rings. The minimum absolute atomic E-state index is 0.299. The number of halogens is 1. The van der Waals surface area contributed by atoms with Gasteiger partial charge in [0, 0.05) is 17.5 Å². The van der Waals surface area contributed by atoms with E-state index in [1.165, 1.54) is 18.2 Å². The molecule has 0 unspecified atom stereocenters. The first-order valence-electron chi connectivity index (χ1n) is 8.04. The normalized spacial score (nSPS) is 12.0. The maximum atomic E-state index is 12.9. The van der Waals surface area contributed by atoms with Gasteiger partial charge in [0.25, 0.3) is 0 Å². The van der Waals surface area contributed by atoms with Gasteiger partial charge in [-0.1, -0.05) is 12.1 Å². The molecule has 1 aromatic heterocycles. The van der Waals surface area contributed by atoms with Crippen LogP contribution in [0.25, 0.3) is 11.0 Å². The first-order valence-corrected chi connectivity index (χ1v) is 8.04. The molecular formula is C20H17FO5. The minimum atomic E-state index is -0.562. The molecule has 0 N–H and O–H groups in total. The molecule has 1 heterocycles. The summed E-state index contributed by atoms with van der Waals surface area (Å²) in [4.78, 5) is 23.4. The van der Waals surface area contributed by atoms with Crippen molar-refractivity contribution in [1.82, 2.24) is 0 Å². The van der Waals surface area contributed by atoms with E-state index in [2.05, 4.69) is 0 Å². The Bertz CT molecular complexity index is 991. The highest BCUT2D eigenvalue weighted by atomic mass is 19.1. The fourth-order valence-electron chi connectivity index (χ4n) is 2.57. The summed E-state index contributed by atoms with van der Waals surface area (Å²) in [5.41, 5.74) is 1.43. The number of aryl methyl sites for hydroxylation is 1. The molecular weight excluding hydrogens is 339 g/mol. The zero-order chi connectivity index (χ0) is 18.7. The van der Waals surface area contributed by atoms with Gasteiger partial charge >= 0.3 is 11.6 Å². The van der Waals surface area contributed by atoms with Crippen LogP contribution in [0.15, 0.2) is 57.7 Å². The molecule has 26 heavy (non-hydrogen) atoms. The molecule has 3 aromatic rings. The van der Waals surface area contributed by atoms with Gasteiger partial charge in [0.1, 0.15) is 23.3 Å². The fourth-order valence-corrected chi connectivity index (χ4v) is 2.57. The number of esters is 1. The topological polar surface area (TPSA) is 65.7 Å². The Balaban J connectivity index is 1.63. The van der Waals surface area contributed by atoms with E-state index < -0.39 is 17.7 Å². The smallest absolute Gasteiger partial charge is 0.344 e. The second-order valence-electron chi connectivity index (χ2n) is 5.88. The summed E-state index contributed by atoms with van der Waals surface area (Å²) in [5, 5.41) is 0.796. The number of carbonyl (C=O) groups excluding carboxylic acids is 1. The van der Waals surface area contributed by atoms with Crippen LogP contribution in [0.1, 0.15) is 24.2 Å². The summed E-state index contributed by atoms with van der Waals surface area (Å²) in [6.45, 7) is 3.21. The van der Waals surface area contributed by atoms with Crippen molar-refractivity contribution in [3.63, 3.8) is 0 Å². The second-order valence-corrected chi connectivity index (χ2v) is 5.88. The SMILES string of the molecule is Cc1cc(=O)oc2cc(OCC(=O)O[C@H](C)c3ccc(F)cc3)ccc12. The number of rotatable bonds is 5. The van der Waals surface area contributed by atoms with E-state index in [0.717, 1.165) is 10.9 Å². The van der Waals surface area contributed by atoms with E-state index in [4.69, 9.17) is 13.9 Å². The number of hydrogen-bond acceptors (Lipinski definition) is 5. The quantitative estimate of drug-likeness (QED) is 0.512. The molecule has 0 spiro atoms. The van der Waals surface area contributed by atoms with Crippen LogP contribution in [0.3, 0.4) is 0 Å². The number of fused-ring (bicyclic) bond motifs is 1. The van der Waals surface area contributed by atoms with Gasteiger partial charge in [0.05, 0.1) is 0 Å². The Hall–Kier alpha value is -3.15. The summed E-state index contributed by atoms with van der Waals surface area (Å²) in [6.07, 6.45) is -0.524. The van der Waals surface area contributed by atoms with Crippen LogP contribution in [-0.2, 0) is 9.53 Å². The van der Waals surface area contributed by atoms with E-state index in [0.29, 0.717) is 16.9 Å². The summed E-state index contributed by atoms with van der Waals surface area (Å²) in [5.74, 6) is -0.529. The molecule has 2 aromatic carbocycles. The highest BCUT2D eigenvalue weighted by molar-refractivity contribution is 5.81. The van der Waals surface area contributed by atoms with Crippen LogP contribution in [-0.4, -0.2) is 12.6 Å². The Morgan fingerprint density at radius 1 is 1.15 bits per heavy atom.